The number of likely N-dealkylation sites (N-methyl/N-ethyl adjacent to an activating group) is 2. The predicted octanol–water partition coefficient (Wildman–Crippen LogP) is 0.930. The van der Waals surface area contributed by atoms with Gasteiger partial charge in [0, 0.05) is 45.3 Å². The molecule has 2 rings (SSSR count). The summed E-state index contributed by atoms with van der Waals surface area (Å²) >= 11 is 0. The van der Waals surface area contributed by atoms with Crippen LogP contribution >= 0.6 is 0 Å². The fourth-order valence-electron chi connectivity index (χ4n) is 2.47. The lowest BCUT2D eigenvalue weighted by atomic mass is 10.1. The van der Waals surface area contributed by atoms with Gasteiger partial charge in [0.1, 0.15) is 0 Å². The van der Waals surface area contributed by atoms with Crippen LogP contribution in [0.15, 0.2) is 4.52 Å². The van der Waals surface area contributed by atoms with Crippen LogP contribution < -0.4 is 0 Å². The molecule has 1 fully saturated rings. The standard InChI is InChI=1S/C14H26N4O3/c1-5-19-14(20-6-2)13-15-12(16-21-13)9-11-10-17(3)7-8-18(11)4/h11,14H,5-10H2,1-4H3. The molecule has 0 N–H and O–H groups in total. The smallest absolute Gasteiger partial charge is 0.283 e. The molecule has 1 aromatic rings. The molecule has 7 heteroatoms. The van der Waals surface area contributed by atoms with E-state index in [0.29, 0.717) is 31.0 Å². The first kappa shape index (κ1) is 16.4. The average Bonchev–Trinajstić information content (AvgIpc) is 2.91. The number of nitrogens with zero attached hydrogens (tertiary/aromatic N) is 4. The van der Waals surface area contributed by atoms with Gasteiger partial charge in [0.2, 0.25) is 6.29 Å². The molecule has 1 unspecified atom stereocenters. The first-order chi connectivity index (χ1) is 10.1. The summed E-state index contributed by atoms with van der Waals surface area (Å²) < 4.78 is 16.2. The van der Waals surface area contributed by atoms with Gasteiger partial charge in [-0.05, 0) is 27.9 Å². The fraction of sp³-hybridized carbons (Fsp3) is 0.857. The third-order valence-electron chi connectivity index (χ3n) is 3.72. The van der Waals surface area contributed by atoms with E-state index in [1.165, 1.54) is 0 Å². The van der Waals surface area contributed by atoms with Gasteiger partial charge in [-0.25, -0.2) is 0 Å². The number of hydrogen-bond acceptors (Lipinski definition) is 7. The van der Waals surface area contributed by atoms with E-state index >= 15 is 0 Å². The Morgan fingerprint density at radius 1 is 1.24 bits per heavy atom. The fourth-order valence-corrected chi connectivity index (χ4v) is 2.47. The molecule has 1 aromatic heterocycles. The van der Waals surface area contributed by atoms with Gasteiger partial charge in [-0.2, -0.15) is 4.98 Å². The predicted molar refractivity (Wildman–Crippen MR) is 77.9 cm³/mol. The Bertz CT molecular complexity index is 420. The minimum Gasteiger partial charge on any atom is -0.345 e. The molecule has 120 valence electrons. The van der Waals surface area contributed by atoms with Crippen molar-refractivity contribution < 1.29 is 14.0 Å². The van der Waals surface area contributed by atoms with Gasteiger partial charge < -0.3 is 23.8 Å². The van der Waals surface area contributed by atoms with E-state index in [1.54, 1.807) is 0 Å². The van der Waals surface area contributed by atoms with E-state index < -0.39 is 6.29 Å². The van der Waals surface area contributed by atoms with Crippen LogP contribution in [0, 0.1) is 0 Å². The number of ether oxygens (including phenoxy) is 2. The second-order valence-corrected chi connectivity index (χ2v) is 5.39. The Morgan fingerprint density at radius 3 is 2.62 bits per heavy atom. The van der Waals surface area contributed by atoms with Crippen molar-refractivity contribution in [2.75, 3.05) is 46.9 Å². The zero-order valence-electron chi connectivity index (χ0n) is 13.4. The molecule has 0 bridgehead atoms. The van der Waals surface area contributed by atoms with E-state index in [1.807, 2.05) is 13.8 Å². The van der Waals surface area contributed by atoms with Crippen molar-refractivity contribution in [3.05, 3.63) is 11.7 Å². The molecule has 0 amide bonds. The molecule has 0 aromatic carbocycles. The van der Waals surface area contributed by atoms with Crippen molar-refractivity contribution in [2.45, 2.75) is 32.6 Å². The zero-order chi connectivity index (χ0) is 15.2. The van der Waals surface area contributed by atoms with Crippen LogP contribution in [-0.4, -0.2) is 72.9 Å². The van der Waals surface area contributed by atoms with Gasteiger partial charge in [-0.15, -0.1) is 0 Å². The van der Waals surface area contributed by atoms with Crippen molar-refractivity contribution in [2.24, 2.45) is 0 Å². The first-order valence-electron chi connectivity index (χ1n) is 7.58. The first-order valence-corrected chi connectivity index (χ1v) is 7.58. The topological polar surface area (TPSA) is 63.9 Å². The molecular formula is C14H26N4O3. The third-order valence-corrected chi connectivity index (χ3v) is 3.72. The van der Waals surface area contributed by atoms with Gasteiger partial charge in [0.15, 0.2) is 5.82 Å². The summed E-state index contributed by atoms with van der Waals surface area (Å²) in [4.78, 5) is 9.10. The Hall–Kier alpha value is -1.02. The molecule has 0 aliphatic carbocycles. The Balaban J connectivity index is 1.98. The maximum absolute atomic E-state index is 5.47. The van der Waals surface area contributed by atoms with Crippen molar-refractivity contribution >= 4 is 0 Å². The summed E-state index contributed by atoms with van der Waals surface area (Å²) in [5.74, 6) is 1.11. The summed E-state index contributed by atoms with van der Waals surface area (Å²) in [6.07, 6.45) is 0.211. The highest BCUT2D eigenvalue weighted by molar-refractivity contribution is 4.93. The number of piperazine rings is 1. The van der Waals surface area contributed by atoms with E-state index in [2.05, 4.69) is 34.0 Å². The maximum Gasteiger partial charge on any atom is 0.283 e. The van der Waals surface area contributed by atoms with Crippen LogP contribution in [0.3, 0.4) is 0 Å². The van der Waals surface area contributed by atoms with Crippen molar-refractivity contribution in [3.8, 4) is 0 Å². The zero-order valence-corrected chi connectivity index (χ0v) is 13.4. The minimum atomic E-state index is -0.562. The molecule has 1 saturated heterocycles. The highest BCUT2D eigenvalue weighted by Crippen LogP contribution is 2.18. The molecule has 0 saturated carbocycles. The molecule has 1 aliphatic rings. The summed E-state index contributed by atoms with van der Waals surface area (Å²) in [5.41, 5.74) is 0. The van der Waals surface area contributed by atoms with Crippen LogP contribution in [0.25, 0.3) is 0 Å². The molecular weight excluding hydrogens is 272 g/mol. The maximum atomic E-state index is 5.47. The van der Waals surface area contributed by atoms with E-state index in [4.69, 9.17) is 14.0 Å². The highest BCUT2D eigenvalue weighted by atomic mass is 16.7. The molecule has 1 atom stereocenters. The summed E-state index contributed by atoms with van der Waals surface area (Å²) in [5, 5.41) is 4.06. The van der Waals surface area contributed by atoms with Crippen LogP contribution in [0.2, 0.25) is 0 Å². The molecule has 7 nitrogen and oxygen atoms in total. The summed E-state index contributed by atoms with van der Waals surface area (Å²) in [7, 11) is 4.28. The lowest BCUT2D eigenvalue weighted by molar-refractivity contribution is -0.155. The normalized spacial score (nSPS) is 21.3. The van der Waals surface area contributed by atoms with Gasteiger partial charge in [0.25, 0.3) is 5.89 Å². The van der Waals surface area contributed by atoms with E-state index in [0.717, 1.165) is 26.1 Å². The molecule has 21 heavy (non-hydrogen) atoms. The lowest BCUT2D eigenvalue weighted by Crippen LogP contribution is -2.50. The molecule has 1 aliphatic heterocycles. The second kappa shape index (κ2) is 7.84. The molecule has 0 spiro atoms. The SMILES string of the molecule is CCOC(OCC)c1nc(CC2CN(C)CCN2C)no1. The van der Waals surface area contributed by atoms with Gasteiger partial charge in [-0.1, -0.05) is 5.16 Å². The van der Waals surface area contributed by atoms with E-state index in [9.17, 15) is 0 Å². The molecule has 2 heterocycles. The van der Waals surface area contributed by atoms with Crippen molar-refractivity contribution in [1.29, 1.82) is 0 Å². The van der Waals surface area contributed by atoms with Crippen LogP contribution in [0.5, 0.6) is 0 Å². The number of hydrogen-bond donors (Lipinski definition) is 0. The second-order valence-electron chi connectivity index (χ2n) is 5.39. The van der Waals surface area contributed by atoms with Gasteiger partial charge in [-0.3, -0.25) is 0 Å². The average molecular weight is 298 g/mol. The molecule has 0 radical (unpaired) electrons. The number of rotatable bonds is 7. The monoisotopic (exact) mass is 298 g/mol. The van der Waals surface area contributed by atoms with Crippen molar-refractivity contribution in [1.82, 2.24) is 19.9 Å². The highest BCUT2D eigenvalue weighted by Gasteiger charge is 2.26. The van der Waals surface area contributed by atoms with Crippen LogP contribution in [-0.2, 0) is 15.9 Å². The Morgan fingerprint density at radius 2 is 1.95 bits per heavy atom. The third kappa shape index (κ3) is 4.47. The van der Waals surface area contributed by atoms with Crippen molar-refractivity contribution in [3.63, 3.8) is 0 Å². The van der Waals surface area contributed by atoms with Gasteiger partial charge >= 0.3 is 0 Å². The minimum absolute atomic E-state index is 0.403. The summed E-state index contributed by atoms with van der Waals surface area (Å²) in [6, 6.07) is 0.409. The lowest BCUT2D eigenvalue weighted by Gasteiger charge is -2.37. The Kier molecular flexibility index (Phi) is 6.10. The van der Waals surface area contributed by atoms with E-state index in [-0.39, 0.29) is 0 Å². The van der Waals surface area contributed by atoms with Crippen LogP contribution in [0.4, 0.5) is 0 Å². The van der Waals surface area contributed by atoms with Gasteiger partial charge in [0.05, 0.1) is 0 Å². The number of aromatic nitrogens is 2. The Labute approximate surface area is 126 Å². The quantitative estimate of drug-likeness (QED) is 0.694. The van der Waals surface area contributed by atoms with Crippen LogP contribution in [0.1, 0.15) is 31.9 Å². The largest absolute Gasteiger partial charge is 0.345 e. The summed E-state index contributed by atoms with van der Waals surface area (Å²) in [6.45, 7) is 8.08.